The molecule has 5 rings (SSSR count). The minimum atomic E-state index is -0.410. The molecule has 1 amide bonds. The second kappa shape index (κ2) is 7.81. The molecule has 0 aliphatic carbocycles. The number of rotatable bonds is 4. The number of thiophene rings is 1. The highest BCUT2D eigenvalue weighted by Crippen LogP contribution is 2.43. The van der Waals surface area contributed by atoms with Gasteiger partial charge in [0.15, 0.2) is 5.69 Å². The van der Waals surface area contributed by atoms with Crippen LogP contribution in [-0.4, -0.2) is 70.7 Å². The number of aryl methyl sites for hydroxylation is 1. The zero-order valence-electron chi connectivity index (χ0n) is 17.4. The number of hydrogen-bond acceptors (Lipinski definition) is 6. The average molecular weight is 429 g/mol. The molecule has 0 saturated carbocycles. The molecule has 30 heavy (non-hydrogen) atoms. The Bertz CT molecular complexity index is 938. The molecule has 3 fully saturated rings. The lowest BCUT2D eigenvalue weighted by molar-refractivity contribution is -0.150. The van der Waals surface area contributed by atoms with E-state index < -0.39 is 5.41 Å². The van der Waals surface area contributed by atoms with Gasteiger partial charge in [0, 0.05) is 30.9 Å². The standard InChI is InChI=1S/C22H28N4O3S/c1-15-4-5-19(30-15)17-12-18(24-23-17)20(27)26-10-6-22(7-11-26)13-16(29-21(22)28)14-25-8-2-3-9-25/h4-5,12,16H,2-3,6-11,13-14H2,1H3,(H,23,24). The maximum Gasteiger partial charge on any atom is 0.312 e. The predicted octanol–water partition coefficient (Wildman–Crippen LogP) is 3.08. The molecule has 5 heterocycles. The highest BCUT2D eigenvalue weighted by atomic mass is 32.1. The second-order valence-electron chi connectivity index (χ2n) is 8.89. The van der Waals surface area contributed by atoms with Gasteiger partial charge < -0.3 is 9.64 Å². The molecule has 3 aliphatic rings. The number of ether oxygens (including phenoxy) is 1. The number of aromatic nitrogens is 2. The predicted molar refractivity (Wildman–Crippen MR) is 114 cm³/mol. The van der Waals surface area contributed by atoms with Crippen molar-refractivity contribution in [3.8, 4) is 10.6 Å². The number of esters is 1. The highest BCUT2D eigenvalue weighted by Gasteiger charge is 2.51. The lowest BCUT2D eigenvalue weighted by Gasteiger charge is -2.36. The Morgan fingerprint density at radius 2 is 2.03 bits per heavy atom. The maximum absolute atomic E-state index is 13.0. The molecule has 8 heteroatoms. The molecular weight excluding hydrogens is 400 g/mol. The average Bonchev–Trinajstić information content (AvgIpc) is 3.52. The fourth-order valence-corrected chi connectivity index (χ4v) is 5.87. The number of carbonyl (C=O) groups excluding carboxylic acids is 2. The summed E-state index contributed by atoms with van der Waals surface area (Å²) in [5, 5.41) is 7.23. The number of nitrogens with one attached hydrogen (secondary N) is 1. The second-order valence-corrected chi connectivity index (χ2v) is 10.2. The van der Waals surface area contributed by atoms with E-state index in [9.17, 15) is 9.59 Å². The fraction of sp³-hybridized carbons (Fsp3) is 0.591. The first-order valence-electron chi connectivity index (χ1n) is 10.9. The van der Waals surface area contributed by atoms with Gasteiger partial charge in [0.25, 0.3) is 5.91 Å². The molecule has 0 radical (unpaired) electrons. The van der Waals surface area contributed by atoms with Crippen LogP contribution in [0.1, 0.15) is 47.5 Å². The summed E-state index contributed by atoms with van der Waals surface area (Å²) >= 11 is 1.67. The van der Waals surface area contributed by atoms with Gasteiger partial charge in [-0.25, -0.2) is 0 Å². The highest BCUT2D eigenvalue weighted by molar-refractivity contribution is 7.15. The van der Waals surface area contributed by atoms with Gasteiger partial charge >= 0.3 is 5.97 Å². The molecule has 3 saturated heterocycles. The Morgan fingerprint density at radius 3 is 2.73 bits per heavy atom. The zero-order valence-corrected chi connectivity index (χ0v) is 18.2. The van der Waals surface area contributed by atoms with Crippen LogP contribution in [0.15, 0.2) is 18.2 Å². The van der Waals surface area contributed by atoms with Gasteiger partial charge in [-0.2, -0.15) is 5.10 Å². The van der Waals surface area contributed by atoms with Crippen molar-refractivity contribution >= 4 is 23.2 Å². The smallest absolute Gasteiger partial charge is 0.312 e. The maximum atomic E-state index is 13.0. The molecule has 2 aromatic rings. The Labute approximate surface area is 180 Å². The van der Waals surface area contributed by atoms with E-state index in [4.69, 9.17) is 4.74 Å². The number of piperidine rings is 1. The summed E-state index contributed by atoms with van der Waals surface area (Å²) in [7, 11) is 0. The van der Waals surface area contributed by atoms with E-state index in [0.29, 0.717) is 31.6 Å². The van der Waals surface area contributed by atoms with Crippen LogP contribution >= 0.6 is 11.3 Å². The Morgan fingerprint density at radius 1 is 1.27 bits per heavy atom. The van der Waals surface area contributed by atoms with Crippen LogP contribution < -0.4 is 0 Å². The first kappa shape index (κ1) is 19.8. The third-order valence-corrected chi connectivity index (χ3v) is 7.83. The number of amides is 1. The van der Waals surface area contributed by atoms with Crippen molar-refractivity contribution in [2.24, 2.45) is 5.41 Å². The van der Waals surface area contributed by atoms with E-state index in [1.165, 1.54) is 17.7 Å². The van der Waals surface area contributed by atoms with Crippen LogP contribution in [0.3, 0.4) is 0 Å². The van der Waals surface area contributed by atoms with Crippen molar-refractivity contribution in [2.45, 2.75) is 45.1 Å². The number of H-pyrrole nitrogens is 1. The minimum Gasteiger partial charge on any atom is -0.461 e. The van der Waals surface area contributed by atoms with Crippen molar-refractivity contribution in [1.82, 2.24) is 20.0 Å². The molecule has 160 valence electrons. The number of hydrogen-bond donors (Lipinski definition) is 1. The van der Waals surface area contributed by atoms with E-state index >= 15 is 0 Å². The largest absolute Gasteiger partial charge is 0.461 e. The van der Waals surface area contributed by atoms with Gasteiger partial charge in [0.2, 0.25) is 0 Å². The quantitative estimate of drug-likeness (QED) is 0.757. The third-order valence-electron chi connectivity index (χ3n) is 6.80. The number of likely N-dealkylation sites (tertiary alicyclic amines) is 2. The summed E-state index contributed by atoms with van der Waals surface area (Å²) in [5.41, 5.74) is 0.897. The topological polar surface area (TPSA) is 78.5 Å². The summed E-state index contributed by atoms with van der Waals surface area (Å²) in [6, 6.07) is 5.93. The van der Waals surface area contributed by atoms with Crippen molar-refractivity contribution in [2.75, 3.05) is 32.7 Å². The van der Waals surface area contributed by atoms with E-state index in [2.05, 4.69) is 28.1 Å². The summed E-state index contributed by atoms with van der Waals surface area (Å²) in [6.45, 7) is 6.29. The van der Waals surface area contributed by atoms with Crippen molar-refractivity contribution in [3.05, 3.63) is 28.8 Å². The molecule has 2 aromatic heterocycles. The number of nitrogens with zero attached hydrogens (tertiary/aromatic N) is 3. The van der Waals surface area contributed by atoms with E-state index in [-0.39, 0.29) is 18.0 Å². The van der Waals surface area contributed by atoms with Crippen LogP contribution in [0.5, 0.6) is 0 Å². The molecule has 1 unspecified atom stereocenters. The van der Waals surface area contributed by atoms with Crippen LogP contribution in [-0.2, 0) is 9.53 Å². The van der Waals surface area contributed by atoms with Gasteiger partial charge in [-0.15, -0.1) is 11.3 Å². The van der Waals surface area contributed by atoms with Crippen LogP contribution in [0, 0.1) is 12.3 Å². The fourth-order valence-electron chi connectivity index (χ4n) is 5.04. The van der Waals surface area contributed by atoms with Crippen molar-refractivity contribution < 1.29 is 14.3 Å². The minimum absolute atomic E-state index is 0.000928. The first-order chi connectivity index (χ1) is 14.5. The Balaban J connectivity index is 1.20. The summed E-state index contributed by atoms with van der Waals surface area (Å²) in [5.74, 6) is -0.130. The van der Waals surface area contributed by atoms with Gasteiger partial charge in [-0.3, -0.25) is 19.6 Å². The molecule has 0 aromatic carbocycles. The van der Waals surface area contributed by atoms with Gasteiger partial charge in [-0.05, 0) is 63.9 Å². The monoisotopic (exact) mass is 428 g/mol. The van der Waals surface area contributed by atoms with E-state index in [0.717, 1.165) is 36.6 Å². The number of cyclic esters (lactones) is 1. The lowest BCUT2D eigenvalue weighted by Crippen LogP contribution is -2.45. The summed E-state index contributed by atoms with van der Waals surface area (Å²) in [6.07, 6.45) is 4.62. The SMILES string of the molecule is Cc1ccc(-c2cc(C(=O)N3CCC4(CC3)CC(CN3CCCC3)OC4=O)n[nH]2)s1. The zero-order chi connectivity index (χ0) is 20.7. The molecule has 1 atom stereocenters. The van der Waals surface area contributed by atoms with Crippen LogP contribution in [0.25, 0.3) is 10.6 Å². The third kappa shape index (κ3) is 3.67. The van der Waals surface area contributed by atoms with Gasteiger partial charge in [-0.1, -0.05) is 0 Å². The Hall–Kier alpha value is -2.19. The number of aromatic amines is 1. The van der Waals surface area contributed by atoms with Crippen molar-refractivity contribution in [3.63, 3.8) is 0 Å². The molecule has 0 bridgehead atoms. The molecule has 1 N–H and O–H groups in total. The van der Waals surface area contributed by atoms with Gasteiger partial charge in [0.05, 0.1) is 16.0 Å². The van der Waals surface area contributed by atoms with Gasteiger partial charge in [0.1, 0.15) is 6.10 Å². The number of carbonyl (C=O) groups is 2. The molecular formula is C22H28N4O3S. The normalized spacial score (nSPS) is 24.0. The van der Waals surface area contributed by atoms with Crippen molar-refractivity contribution in [1.29, 1.82) is 0 Å². The molecule has 7 nitrogen and oxygen atoms in total. The van der Waals surface area contributed by atoms with Crippen LogP contribution in [0.2, 0.25) is 0 Å². The summed E-state index contributed by atoms with van der Waals surface area (Å²) < 4.78 is 5.75. The Kier molecular flexibility index (Phi) is 5.14. The first-order valence-corrected chi connectivity index (χ1v) is 11.7. The molecule has 1 spiro atoms. The van der Waals surface area contributed by atoms with E-state index in [1.807, 2.05) is 17.0 Å². The molecule has 3 aliphatic heterocycles. The summed E-state index contributed by atoms with van der Waals surface area (Å²) in [4.78, 5) is 32.2. The lowest BCUT2D eigenvalue weighted by atomic mass is 9.76. The van der Waals surface area contributed by atoms with Crippen LogP contribution in [0.4, 0.5) is 0 Å². The van der Waals surface area contributed by atoms with E-state index in [1.54, 1.807) is 11.3 Å².